The van der Waals surface area contributed by atoms with Crippen LogP contribution in [0.2, 0.25) is 0 Å². The molecular weight excluding hydrogens is 317 g/mol. The van der Waals surface area contributed by atoms with Crippen LogP contribution in [0.5, 0.6) is 0 Å². The average Bonchev–Trinajstić information content (AvgIpc) is 2.08. The monoisotopic (exact) mass is 343 g/mol. The number of hydrogen-bond acceptors (Lipinski definition) is 2. The Balaban J connectivity index is 0. The fourth-order valence-electron chi connectivity index (χ4n) is 1.20. The van der Waals surface area contributed by atoms with E-state index in [1.54, 1.807) is 0 Å². The lowest BCUT2D eigenvalue weighted by Crippen LogP contribution is -2.45. The molecule has 0 fully saturated rings. The van der Waals surface area contributed by atoms with Crippen LogP contribution in [0.25, 0.3) is 0 Å². The number of hydrogen-bond donors (Lipinski definition) is 3. The number of aliphatic hydroxyl groups excluding tert-OH is 1. The van der Waals surface area contributed by atoms with Gasteiger partial charge in [0.25, 0.3) is 0 Å². The van der Waals surface area contributed by atoms with Crippen molar-refractivity contribution in [3.8, 4) is 0 Å². The van der Waals surface area contributed by atoms with Gasteiger partial charge < -0.3 is 16.2 Å². The Morgan fingerprint density at radius 1 is 1.19 bits per heavy atom. The number of nitrogens with two attached hydrogens (primary N) is 1. The molecule has 4 nitrogen and oxygen atoms in total. The number of guanidine groups is 1. The summed E-state index contributed by atoms with van der Waals surface area (Å²) in [5, 5.41) is 11.7. The lowest BCUT2D eigenvalue weighted by molar-refractivity contribution is 0.282. The van der Waals surface area contributed by atoms with Crippen LogP contribution >= 0.6 is 24.0 Å². The van der Waals surface area contributed by atoms with Crippen LogP contribution in [-0.2, 0) is 0 Å². The second-order valence-electron chi connectivity index (χ2n) is 4.78. The van der Waals surface area contributed by atoms with E-state index in [9.17, 15) is 0 Å². The van der Waals surface area contributed by atoms with Crippen molar-refractivity contribution >= 4 is 29.9 Å². The van der Waals surface area contributed by atoms with Gasteiger partial charge in [0, 0.05) is 18.7 Å². The molecule has 0 aliphatic rings. The molecule has 0 unspecified atom stereocenters. The zero-order valence-electron chi connectivity index (χ0n) is 10.6. The quantitative estimate of drug-likeness (QED) is 0.298. The summed E-state index contributed by atoms with van der Waals surface area (Å²) in [7, 11) is 0. The molecule has 0 atom stereocenters. The second-order valence-corrected chi connectivity index (χ2v) is 4.78. The van der Waals surface area contributed by atoms with Crippen LogP contribution in [0.1, 0.15) is 46.5 Å². The van der Waals surface area contributed by atoms with Gasteiger partial charge in [0.1, 0.15) is 0 Å². The Labute approximate surface area is 116 Å². The summed E-state index contributed by atoms with van der Waals surface area (Å²) in [6.45, 7) is 7.21. The number of aliphatic hydroxyl groups is 1. The molecule has 0 saturated carbocycles. The van der Waals surface area contributed by atoms with Gasteiger partial charge in [0.2, 0.25) is 0 Å². The normalized spacial score (nSPS) is 12.1. The molecule has 0 aromatic heterocycles. The number of nitrogens with zero attached hydrogens (tertiary/aromatic N) is 1. The molecule has 0 aromatic rings. The van der Waals surface area contributed by atoms with Crippen molar-refractivity contribution in [2.45, 2.75) is 52.0 Å². The first kappa shape index (κ1) is 18.3. The van der Waals surface area contributed by atoms with E-state index in [0.717, 1.165) is 32.2 Å². The maximum Gasteiger partial charge on any atom is 0.188 e. The first-order valence-corrected chi connectivity index (χ1v) is 5.64. The van der Waals surface area contributed by atoms with E-state index in [0.29, 0.717) is 5.96 Å². The molecule has 98 valence electrons. The highest BCUT2D eigenvalue weighted by Gasteiger charge is 2.09. The van der Waals surface area contributed by atoms with Crippen molar-refractivity contribution in [3.05, 3.63) is 0 Å². The molecular formula is C11H26IN3O. The highest BCUT2D eigenvalue weighted by Crippen LogP contribution is 2.00. The predicted octanol–water partition coefficient (Wildman–Crippen LogP) is 1.86. The first-order chi connectivity index (χ1) is 6.95. The van der Waals surface area contributed by atoms with E-state index in [2.05, 4.69) is 31.1 Å². The number of rotatable bonds is 6. The summed E-state index contributed by atoms with van der Waals surface area (Å²) in [6.07, 6.45) is 4.09. The standard InChI is InChI=1S/C11H25N3O.HI/c1-11(2,3)14-10(12)13-8-6-4-5-7-9-15;/h15H,4-9H2,1-3H3,(H3,12,13,14);1H. The lowest BCUT2D eigenvalue weighted by Gasteiger charge is -2.20. The van der Waals surface area contributed by atoms with E-state index < -0.39 is 0 Å². The van der Waals surface area contributed by atoms with Gasteiger partial charge in [-0.15, -0.1) is 24.0 Å². The third-order valence-corrected chi connectivity index (χ3v) is 1.85. The SMILES string of the molecule is CC(C)(C)NC(N)=NCCCCCCO.I. The summed E-state index contributed by atoms with van der Waals surface area (Å²) in [5.74, 6) is 0.518. The van der Waals surface area contributed by atoms with Crippen LogP contribution < -0.4 is 11.1 Å². The molecule has 0 rings (SSSR count). The van der Waals surface area contributed by atoms with Gasteiger partial charge in [0.05, 0.1) is 0 Å². The Morgan fingerprint density at radius 2 is 1.75 bits per heavy atom. The number of nitrogens with one attached hydrogen (secondary N) is 1. The summed E-state index contributed by atoms with van der Waals surface area (Å²) >= 11 is 0. The first-order valence-electron chi connectivity index (χ1n) is 5.64. The van der Waals surface area contributed by atoms with Crippen molar-refractivity contribution in [3.63, 3.8) is 0 Å². The zero-order valence-corrected chi connectivity index (χ0v) is 13.0. The van der Waals surface area contributed by atoms with Gasteiger partial charge in [-0.25, -0.2) is 0 Å². The minimum atomic E-state index is -0.0233. The molecule has 0 aliphatic heterocycles. The van der Waals surface area contributed by atoms with Crippen molar-refractivity contribution in [2.24, 2.45) is 10.7 Å². The minimum absolute atomic E-state index is 0. The molecule has 4 N–H and O–H groups in total. The number of unbranched alkanes of at least 4 members (excludes halogenated alkanes) is 3. The van der Waals surface area contributed by atoms with Gasteiger partial charge in [-0.2, -0.15) is 0 Å². The Morgan fingerprint density at radius 3 is 2.25 bits per heavy atom. The topological polar surface area (TPSA) is 70.6 Å². The van der Waals surface area contributed by atoms with Gasteiger partial charge in [0.15, 0.2) is 5.96 Å². The van der Waals surface area contributed by atoms with Gasteiger partial charge in [-0.3, -0.25) is 4.99 Å². The van der Waals surface area contributed by atoms with Gasteiger partial charge in [-0.05, 0) is 33.6 Å². The van der Waals surface area contributed by atoms with Crippen molar-refractivity contribution in [2.75, 3.05) is 13.2 Å². The molecule has 0 saturated heterocycles. The molecule has 5 heteroatoms. The Bertz CT molecular complexity index is 190. The highest BCUT2D eigenvalue weighted by molar-refractivity contribution is 14.0. The van der Waals surface area contributed by atoms with E-state index >= 15 is 0 Å². The number of halogens is 1. The molecule has 0 bridgehead atoms. The van der Waals surface area contributed by atoms with Crippen LogP contribution in [-0.4, -0.2) is 29.8 Å². The van der Waals surface area contributed by atoms with Crippen LogP contribution in [0.3, 0.4) is 0 Å². The Kier molecular flexibility index (Phi) is 11.6. The van der Waals surface area contributed by atoms with Crippen molar-refractivity contribution in [1.29, 1.82) is 0 Å². The fourth-order valence-corrected chi connectivity index (χ4v) is 1.20. The van der Waals surface area contributed by atoms with E-state index in [-0.39, 0.29) is 36.1 Å². The predicted molar refractivity (Wildman–Crippen MR) is 80.3 cm³/mol. The Hall–Kier alpha value is -0.0400. The van der Waals surface area contributed by atoms with E-state index in [1.807, 2.05) is 0 Å². The van der Waals surface area contributed by atoms with Crippen LogP contribution in [0, 0.1) is 0 Å². The number of aliphatic imine (C=N–C) groups is 1. The molecule has 16 heavy (non-hydrogen) atoms. The molecule has 0 radical (unpaired) electrons. The highest BCUT2D eigenvalue weighted by atomic mass is 127. The van der Waals surface area contributed by atoms with Gasteiger partial charge >= 0.3 is 0 Å². The maximum atomic E-state index is 8.58. The third-order valence-electron chi connectivity index (χ3n) is 1.85. The zero-order chi connectivity index (χ0) is 11.7. The van der Waals surface area contributed by atoms with Crippen molar-refractivity contribution in [1.82, 2.24) is 5.32 Å². The lowest BCUT2D eigenvalue weighted by atomic mass is 10.1. The third kappa shape index (κ3) is 14.0. The average molecular weight is 343 g/mol. The van der Waals surface area contributed by atoms with Gasteiger partial charge in [-0.1, -0.05) is 12.8 Å². The molecule has 0 aromatic carbocycles. The molecule has 0 amide bonds. The summed E-state index contributed by atoms with van der Waals surface area (Å²) in [4.78, 5) is 4.23. The van der Waals surface area contributed by atoms with Crippen LogP contribution in [0.15, 0.2) is 4.99 Å². The minimum Gasteiger partial charge on any atom is -0.396 e. The van der Waals surface area contributed by atoms with Crippen molar-refractivity contribution < 1.29 is 5.11 Å². The smallest absolute Gasteiger partial charge is 0.188 e. The molecule has 0 aliphatic carbocycles. The van der Waals surface area contributed by atoms with E-state index in [4.69, 9.17) is 10.8 Å². The largest absolute Gasteiger partial charge is 0.396 e. The van der Waals surface area contributed by atoms with E-state index in [1.165, 1.54) is 0 Å². The maximum absolute atomic E-state index is 8.58. The summed E-state index contributed by atoms with van der Waals surface area (Å²) in [5.41, 5.74) is 5.68. The summed E-state index contributed by atoms with van der Waals surface area (Å²) < 4.78 is 0. The summed E-state index contributed by atoms with van der Waals surface area (Å²) in [6, 6.07) is 0. The fraction of sp³-hybridized carbons (Fsp3) is 0.909. The van der Waals surface area contributed by atoms with Crippen LogP contribution in [0.4, 0.5) is 0 Å². The molecule has 0 heterocycles. The molecule has 0 spiro atoms. The second kappa shape index (κ2) is 10.1.